The Bertz CT molecular complexity index is 643. The molecule has 5 nitrogen and oxygen atoms in total. The van der Waals surface area contributed by atoms with Gasteiger partial charge in [0.15, 0.2) is 5.82 Å². The number of carboxylic acids is 1. The molecule has 1 aliphatic carbocycles. The van der Waals surface area contributed by atoms with Gasteiger partial charge in [-0.05, 0) is 36.5 Å². The van der Waals surface area contributed by atoms with E-state index in [9.17, 15) is 4.79 Å². The predicted octanol–water partition coefficient (Wildman–Crippen LogP) is 2.14. The molecule has 1 aromatic carbocycles. The molecule has 1 aromatic heterocycles. The van der Waals surface area contributed by atoms with E-state index < -0.39 is 5.97 Å². The molecular weight excluding hydrogens is 254 g/mol. The van der Waals surface area contributed by atoms with Crippen molar-refractivity contribution in [2.75, 3.05) is 5.32 Å². The van der Waals surface area contributed by atoms with Gasteiger partial charge >= 0.3 is 5.97 Å². The third-order valence-corrected chi connectivity index (χ3v) is 3.64. The van der Waals surface area contributed by atoms with E-state index in [1.165, 1.54) is 23.4 Å². The van der Waals surface area contributed by atoms with E-state index >= 15 is 0 Å². The summed E-state index contributed by atoms with van der Waals surface area (Å²) in [5, 5.41) is 20.0. The van der Waals surface area contributed by atoms with Gasteiger partial charge < -0.3 is 10.4 Å². The molecule has 0 radical (unpaired) electrons. The van der Waals surface area contributed by atoms with Crippen molar-refractivity contribution in [3.8, 4) is 0 Å². The first-order valence-electron chi connectivity index (χ1n) is 6.62. The van der Waals surface area contributed by atoms with E-state index in [1.54, 1.807) is 0 Å². The van der Waals surface area contributed by atoms with Crippen LogP contribution < -0.4 is 5.32 Å². The Hall–Kier alpha value is -2.43. The Balaban J connectivity index is 1.79. The van der Waals surface area contributed by atoms with Crippen molar-refractivity contribution in [3.05, 3.63) is 53.2 Å². The minimum Gasteiger partial charge on any atom is -0.478 e. The van der Waals surface area contributed by atoms with Crippen molar-refractivity contribution >= 4 is 11.8 Å². The van der Waals surface area contributed by atoms with Crippen molar-refractivity contribution in [2.24, 2.45) is 0 Å². The third-order valence-electron chi connectivity index (χ3n) is 3.64. The SMILES string of the molecule is O=C(O)c1ccnnc1NC1CCc2ccccc2C1. The summed E-state index contributed by atoms with van der Waals surface area (Å²) in [6, 6.07) is 10.0. The molecule has 0 spiro atoms. The summed E-state index contributed by atoms with van der Waals surface area (Å²) < 4.78 is 0. The molecule has 1 aliphatic rings. The molecule has 3 rings (SSSR count). The first-order chi connectivity index (χ1) is 9.74. The molecule has 1 atom stereocenters. The lowest BCUT2D eigenvalue weighted by Crippen LogP contribution is -2.28. The minimum atomic E-state index is -0.987. The van der Waals surface area contributed by atoms with Crippen molar-refractivity contribution in [1.82, 2.24) is 10.2 Å². The number of aryl methyl sites for hydroxylation is 1. The number of hydrogen-bond donors (Lipinski definition) is 2. The maximum Gasteiger partial charge on any atom is 0.339 e. The van der Waals surface area contributed by atoms with Crippen LogP contribution in [-0.4, -0.2) is 27.3 Å². The Labute approximate surface area is 116 Å². The monoisotopic (exact) mass is 269 g/mol. The highest BCUT2D eigenvalue weighted by Crippen LogP contribution is 2.23. The van der Waals surface area contributed by atoms with Gasteiger partial charge in [-0.3, -0.25) is 0 Å². The fourth-order valence-electron chi connectivity index (χ4n) is 2.63. The average Bonchev–Trinajstić information content (AvgIpc) is 2.47. The van der Waals surface area contributed by atoms with Crippen molar-refractivity contribution in [1.29, 1.82) is 0 Å². The van der Waals surface area contributed by atoms with E-state index in [0.29, 0.717) is 5.82 Å². The maximum atomic E-state index is 11.2. The number of hydrogen-bond acceptors (Lipinski definition) is 4. The van der Waals surface area contributed by atoms with Crippen molar-refractivity contribution in [3.63, 3.8) is 0 Å². The number of nitrogens with one attached hydrogen (secondary N) is 1. The van der Waals surface area contributed by atoms with Crippen LogP contribution in [0.1, 0.15) is 27.9 Å². The number of rotatable bonds is 3. The van der Waals surface area contributed by atoms with Gasteiger partial charge in [0.1, 0.15) is 5.56 Å². The van der Waals surface area contributed by atoms with Crippen LogP contribution in [0.25, 0.3) is 0 Å². The number of aromatic nitrogens is 2. The quantitative estimate of drug-likeness (QED) is 0.893. The summed E-state index contributed by atoms with van der Waals surface area (Å²) in [6.45, 7) is 0. The molecule has 0 fully saturated rings. The van der Waals surface area contributed by atoms with Gasteiger partial charge in [0.25, 0.3) is 0 Å². The lowest BCUT2D eigenvalue weighted by atomic mass is 9.88. The van der Waals surface area contributed by atoms with Crippen molar-refractivity contribution in [2.45, 2.75) is 25.3 Å². The fourth-order valence-corrected chi connectivity index (χ4v) is 2.63. The van der Waals surface area contributed by atoms with E-state index in [4.69, 9.17) is 5.11 Å². The Morgan fingerprint density at radius 3 is 2.85 bits per heavy atom. The number of carbonyl (C=O) groups is 1. The second kappa shape index (κ2) is 5.28. The highest BCUT2D eigenvalue weighted by Gasteiger charge is 2.20. The summed E-state index contributed by atoms with van der Waals surface area (Å²) >= 11 is 0. The maximum absolute atomic E-state index is 11.2. The Morgan fingerprint density at radius 2 is 2.05 bits per heavy atom. The summed E-state index contributed by atoms with van der Waals surface area (Å²) in [5.41, 5.74) is 2.86. The van der Waals surface area contributed by atoms with Gasteiger partial charge in [0, 0.05) is 6.04 Å². The fraction of sp³-hybridized carbons (Fsp3) is 0.267. The first kappa shape index (κ1) is 12.6. The zero-order valence-electron chi connectivity index (χ0n) is 10.9. The van der Waals surface area contributed by atoms with Crippen LogP contribution in [0.4, 0.5) is 5.82 Å². The molecule has 2 aromatic rings. The number of benzene rings is 1. The standard InChI is InChI=1S/C15H15N3O2/c19-15(20)13-7-8-16-18-14(13)17-12-6-5-10-3-1-2-4-11(10)9-12/h1-4,7-8,12H,5-6,9H2,(H,17,18)(H,19,20). The van der Waals surface area contributed by atoms with Crippen LogP contribution in [0.5, 0.6) is 0 Å². The Kier molecular flexibility index (Phi) is 3.33. The second-order valence-corrected chi connectivity index (χ2v) is 4.95. The van der Waals surface area contributed by atoms with E-state index in [2.05, 4.69) is 33.7 Å². The molecule has 1 heterocycles. The van der Waals surface area contributed by atoms with E-state index in [1.807, 2.05) is 6.07 Å². The highest BCUT2D eigenvalue weighted by atomic mass is 16.4. The normalized spacial score (nSPS) is 17.3. The summed E-state index contributed by atoms with van der Waals surface area (Å²) in [7, 11) is 0. The van der Waals surface area contributed by atoms with Gasteiger partial charge in [-0.15, -0.1) is 5.10 Å². The molecule has 5 heteroatoms. The molecule has 102 valence electrons. The second-order valence-electron chi connectivity index (χ2n) is 4.95. The van der Waals surface area contributed by atoms with Gasteiger partial charge in [-0.1, -0.05) is 24.3 Å². The topological polar surface area (TPSA) is 75.1 Å². The number of nitrogens with zero attached hydrogens (tertiary/aromatic N) is 2. The van der Waals surface area contributed by atoms with E-state index in [-0.39, 0.29) is 11.6 Å². The average molecular weight is 269 g/mol. The van der Waals surface area contributed by atoms with Crippen LogP contribution in [-0.2, 0) is 12.8 Å². The number of anilines is 1. The Morgan fingerprint density at radius 1 is 1.25 bits per heavy atom. The smallest absolute Gasteiger partial charge is 0.339 e. The molecule has 0 aliphatic heterocycles. The van der Waals surface area contributed by atoms with Gasteiger partial charge in [-0.25, -0.2) is 4.79 Å². The molecule has 1 unspecified atom stereocenters. The van der Waals surface area contributed by atoms with Crippen LogP contribution in [0.15, 0.2) is 36.5 Å². The van der Waals surface area contributed by atoms with Crippen molar-refractivity contribution < 1.29 is 9.90 Å². The van der Waals surface area contributed by atoms with Gasteiger partial charge in [-0.2, -0.15) is 5.10 Å². The molecule has 0 saturated carbocycles. The number of aromatic carboxylic acids is 1. The molecular formula is C15H15N3O2. The van der Waals surface area contributed by atoms with Gasteiger partial charge in [0.05, 0.1) is 6.20 Å². The van der Waals surface area contributed by atoms with Gasteiger partial charge in [0.2, 0.25) is 0 Å². The lowest BCUT2D eigenvalue weighted by molar-refractivity contribution is 0.0697. The molecule has 2 N–H and O–H groups in total. The number of carboxylic acid groups (broad SMARTS) is 1. The molecule has 0 amide bonds. The first-order valence-corrected chi connectivity index (χ1v) is 6.62. The van der Waals surface area contributed by atoms with E-state index in [0.717, 1.165) is 19.3 Å². The highest BCUT2D eigenvalue weighted by molar-refractivity contribution is 5.92. The van der Waals surface area contributed by atoms with Crippen LogP contribution in [0.3, 0.4) is 0 Å². The van der Waals surface area contributed by atoms with Crippen LogP contribution >= 0.6 is 0 Å². The zero-order chi connectivity index (χ0) is 13.9. The minimum absolute atomic E-state index is 0.166. The molecule has 20 heavy (non-hydrogen) atoms. The summed E-state index contributed by atoms with van der Waals surface area (Å²) in [4.78, 5) is 11.2. The largest absolute Gasteiger partial charge is 0.478 e. The lowest BCUT2D eigenvalue weighted by Gasteiger charge is -2.26. The van der Waals surface area contributed by atoms with Crippen LogP contribution in [0.2, 0.25) is 0 Å². The summed E-state index contributed by atoms with van der Waals surface area (Å²) in [6.07, 6.45) is 4.24. The molecule has 0 saturated heterocycles. The third kappa shape index (κ3) is 2.47. The van der Waals surface area contributed by atoms with Crippen LogP contribution in [0, 0.1) is 0 Å². The predicted molar refractivity (Wildman–Crippen MR) is 74.9 cm³/mol. The number of fused-ring (bicyclic) bond motifs is 1. The molecule has 0 bridgehead atoms. The zero-order valence-corrected chi connectivity index (χ0v) is 10.9. The summed E-state index contributed by atoms with van der Waals surface area (Å²) in [5.74, 6) is -0.636.